The fourth-order valence-electron chi connectivity index (χ4n) is 2.66. The molecule has 1 aliphatic rings. The fraction of sp³-hybridized carbons (Fsp3) is 0.136. The summed E-state index contributed by atoms with van der Waals surface area (Å²) in [5.41, 5.74) is 4.50. The van der Waals surface area contributed by atoms with E-state index < -0.39 is 0 Å². The number of ether oxygens (including phenoxy) is 1. The van der Waals surface area contributed by atoms with Crippen LogP contribution in [-0.2, 0) is 0 Å². The highest BCUT2D eigenvalue weighted by molar-refractivity contribution is 5.77. The second-order valence-electron chi connectivity index (χ2n) is 5.63. The van der Waals surface area contributed by atoms with E-state index in [2.05, 4.69) is 59.4 Å². The molecule has 3 nitrogen and oxygen atoms in total. The molecule has 0 aromatic heterocycles. The molecule has 0 saturated heterocycles. The van der Waals surface area contributed by atoms with E-state index in [4.69, 9.17) is 4.74 Å². The lowest BCUT2D eigenvalue weighted by molar-refractivity contribution is 0.340. The van der Waals surface area contributed by atoms with Crippen LogP contribution in [0.25, 0.3) is 6.08 Å². The molecule has 0 atom stereocenters. The summed E-state index contributed by atoms with van der Waals surface area (Å²) in [6, 6.07) is 16.1. The SMILES string of the molecule is CCOc1ccc(N=C/C=C/C=C2\C=Cc3ccccc3N2C)cc1. The van der Waals surface area contributed by atoms with Gasteiger partial charge in [-0.05, 0) is 61.0 Å². The van der Waals surface area contributed by atoms with Gasteiger partial charge in [0.05, 0.1) is 12.3 Å². The van der Waals surface area contributed by atoms with E-state index in [0.29, 0.717) is 6.61 Å². The molecule has 1 aliphatic heterocycles. The third-order valence-electron chi connectivity index (χ3n) is 3.95. The van der Waals surface area contributed by atoms with Crippen LogP contribution < -0.4 is 9.64 Å². The van der Waals surface area contributed by atoms with Gasteiger partial charge in [0.1, 0.15) is 5.75 Å². The van der Waals surface area contributed by atoms with Gasteiger partial charge in [-0.3, -0.25) is 4.99 Å². The van der Waals surface area contributed by atoms with Crippen LogP contribution in [0.3, 0.4) is 0 Å². The van der Waals surface area contributed by atoms with Gasteiger partial charge in [-0.2, -0.15) is 0 Å². The minimum Gasteiger partial charge on any atom is -0.494 e. The lowest BCUT2D eigenvalue weighted by atomic mass is 10.1. The van der Waals surface area contributed by atoms with Crippen molar-refractivity contribution in [2.24, 2.45) is 4.99 Å². The number of allylic oxidation sites excluding steroid dienone is 4. The van der Waals surface area contributed by atoms with Crippen LogP contribution in [-0.4, -0.2) is 19.9 Å². The van der Waals surface area contributed by atoms with Gasteiger partial charge in [-0.15, -0.1) is 0 Å². The van der Waals surface area contributed by atoms with Crippen LogP contribution in [0.5, 0.6) is 5.75 Å². The van der Waals surface area contributed by atoms with Crippen molar-refractivity contribution in [2.45, 2.75) is 6.92 Å². The second kappa shape index (κ2) is 8.15. The smallest absolute Gasteiger partial charge is 0.119 e. The third kappa shape index (κ3) is 4.27. The molecule has 0 saturated carbocycles. The highest BCUT2D eigenvalue weighted by Crippen LogP contribution is 2.28. The summed E-state index contributed by atoms with van der Waals surface area (Å²) in [5, 5.41) is 0. The summed E-state index contributed by atoms with van der Waals surface area (Å²) in [6.45, 7) is 2.65. The van der Waals surface area contributed by atoms with E-state index in [1.807, 2.05) is 43.3 Å². The normalized spacial score (nSPS) is 15.3. The summed E-state index contributed by atoms with van der Waals surface area (Å²) in [7, 11) is 2.08. The zero-order valence-corrected chi connectivity index (χ0v) is 14.6. The Kier molecular flexibility index (Phi) is 5.47. The first kappa shape index (κ1) is 16.8. The molecule has 0 bridgehead atoms. The summed E-state index contributed by atoms with van der Waals surface area (Å²) in [6.07, 6.45) is 12.1. The van der Waals surface area contributed by atoms with Crippen molar-refractivity contribution < 1.29 is 4.74 Å². The molecule has 126 valence electrons. The van der Waals surface area contributed by atoms with Crippen molar-refractivity contribution in [3.05, 3.63) is 84.1 Å². The lowest BCUT2D eigenvalue weighted by Gasteiger charge is -2.25. The molecule has 3 heteroatoms. The molecule has 2 aromatic carbocycles. The van der Waals surface area contributed by atoms with Crippen molar-refractivity contribution in [1.82, 2.24) is 0 Å². The topological polar surface area (TPSA) is 24.8 Å². The second-order valence-corrected chi connectivity index (χ2v) is 5.63. The first-order valence-corrected chi connectivity index (χ1v) is 8.42. The van der Waals surface area contributed by atoms with E-state index in [1.165, 1.54) is 11.3 Å². The van der Waals surface area contributed by atoms with Gasteiger partial charge in [0.25, 0.3) is 0 Å². The number of rotatable bonds is 5. The Bertz CT molecular complexity index is 829. The standard InChI is InChI=1S/C22H22N2O/c1-3-25-21-15-12-19(13-16-21)23-17-7-6-9-20-14-11-18-8-4-5-10-22(18)24(20)2/h4-17H,3H2,1-2H3/b7-6+,20-9+,23-17?. The van der Waals surface area contributed by atoms with Crippen molar-refractivity contribution >= 4 is 23.7 Å². The average molecular weight is 330 g/mol. The molecule has 0 aliphatic carbocycles. The largest absolute Gasteiger partial charge is 0.494 e. The van der Waals surface area contributed by atoms with E-state index in [0.717, 1.165) is 17.1 Å². The highest BCUT2D eigenvalue weighted by atomic mass is 16.5. The number of nitrogens with zero attached hydrogens (tertiary/aromatic N) is 2. The highest BCUT2D eigenvalue weighted by Gasteiger charge is 2.11. The maximum Gasteiger partial charge on any atom is 0.119 e. The molecule has 3 rings (SSSR count). The Morgan fingerprint density at radius 2 is 1.80 bits per heavy atom. The van der Waals surface area contributed by atoms with E-state index in [9.17, 15) is 0 Å². The van der Waals surface area contributed by atoms with Crippen LogP contribution >= 0.6 is 0 Å². The van der Waals surface area contributed by atoms with E-state index in [1.54, 1.807) is 6.21 Å². The number of aliphatic imine (C=N–C) groups is 1. The number of anilines is 1. The summed E-state index contributed by atoms with van der Waals surface area (Å²) < 4.78 is 5.42. The zero-order valence-electron chi connectivity index (χ0n) is 14.6. The maximum atomic E-state index is 5.42. The molecule has 2 aromatic rings. The van der Waals surface area contributed by atoms with Crippen LogP contribution in [0.1, 0.15) is 12.5 Å². The van der Waals surface area contributed by atoms with Gasteiger partial charge in [0.15, 0.2) is 0 Å². The lowest BCUT2D eigenvalue weighted by Crippen LogP contribution is -2.18. The molecule has 25 heavy (non-hydrogen) atoms. The Labute approximate surface area is 149 Å². The van der Waals surface area contributed by atoms with Gasteiger partial charge in [0, 0.05) is 24.6 Å². The van der Waals surface area contributed by atoms with Gasteiger partial charge in [-0.25, -0.2) is 0 Å². The van der Waals surface area contributed by atoms with Crippen molar-refractivity contribution in [1.29, 1.82) is 0 Å². The Balaban J connectivity index is 1.62. The third-order valence-corrected chi connectivity index (χ3v) is 3.95. The number of fused-ring (bicyclic) bond motifs is 1. The fourth-order valence-corrected chi connectivity index (χ4v) is 2.66. The predicted octanol–water partition coefficient (Wildman–Crippen LogP) is 5.39. The van der Waals surface area contributed by atoms with Gasteiger partial charge >= 0.3 is 0 Å². The van der Waals surface area contributed by atoms with Gasteiger partial charge < -0.3 is 9.64 Å². The molecule has 0 spiro atoms. The number of hydrogen-bond donors (Lipinski definition) is 0. The minimum absolute atomic E-state index is 0.674. The van der Waals surface area contributed by atoms with Crippen LogP contribution in [0, 0.1) is 0 Å². The van der Waals surface area contributed by atoms with E-state index >= 15 is 0 Å². The monoisotopic (exact) mass is 330 g/mol. The van der Waals surface area contributed by atoms with Crippen LogP contribution in [0.15, 0.2) is 83.5 Å². The molecular weight excluding hydrogens is 308 g/mol. The first-order valence-electron chi connectivity index (χ1n) is 8.42. The zero-order chi connectivity index (χ0) is 17.5. The summed E-state index contributed by atoms with van der Waals surface area (Å²) >= 11 is 0. The molecule has 1 heterocycles. The van der Waals surface area contributed by atoms with Crippen LogP contribution in [0.4, 0.5) is 11.4 Å². The van der Waals surface area contributed by atoms with Crippen molar-refractivity contribution in [3.8, 4) is 5.75 Å². The number of likely N-dealkylation sites (N-methyl/N-ethyl adjacent to an activating group) is 1. The first-order chi connectivity index (χ1) is 12.3. The Morgan fingerprint density at radius 3 is 2.60 bits per heavy atom. The Hall–Kier alpha value is -3.07. The molecular formula is C22H22N2O. The molecule has 0 fully saturated rings. The summed E-state index contributed by atoms with van der Waals surface area (Å²) in [4.78, 5) is 6.60. The molecule has 0 radical (unpaired) electrons. The van der Waals surface area contributed by atoms with Crippen molar-refractivity contribution in [2.75, 3.05) is 18.6 Å². The number of para-hydroxylation sites is 1. The quantitative estimate of drug-likeness (QED) is 0.687. The van der Waals surface area contributed by atoms with E-state index in [-0.39, 0.29) is 0 Å². The van der Waals surface area contributed by atoms with Crippen LogP contribution in [0.2, 0.25) is 0 Å². The molecule has 0 amide bonds. The summed E-state index contributed by atoms with van der Waals surface area (Å²) in [5.74, 6) is 0.870. The van der Waals surface area contributed by atoms with Gasteiger partial charge in [0.2, 0.25) is 0 Å². The number of hydrogen-bond acceptors (Lipinski definition) is 3. The number of benzene rings is 2. The van der Waals surface area contributed by atoms with Crippen molar-refractivity contribution in [3.63, 3.8) is 0 Å². The molecule has 0 unspecified atom stereocenters. The molecule has 0 N–H and O–H groups in total. The maximum absolute atomic E-state index is 5.42. The average Bonchev–Trinajstić information content (AvgIpc) is 2.65. The van der Waals surface area contributed by atoms with Gasteiger partial charge in [-0.1, -0.05) is 30.4 Å². The Morgan fingerprint density at radius 1 is 1.00 bits per heavy atom. The predicted molar refractivity (Wildman–Crippen MR) is 107 cm³/mol. The minimum atomic E-state index is 0.674.